The van der Waals surface area contributed by atoms with Gasteiger partial charge in [-0.05, 0) is 39.0 Å². The van der Waals surface area contributed by atoms with Gasteiger partial charge in [-0.1, -0.05) is 20.3 Å². The number of amides is 1. The smallest absolute Gasteiger partial charge is 0.223 e. The van der Waals surface area contributed by atoms with Gasteiger partial charge in [-0.2, -0.15) is 0 Å². The Morgan fingerprint density at radius 1 is 1.50 bits per heavy atom. The highest BCUT2D eigenvalue weighted by Crippen LogP contribution is 2.27. The van der Waals surface area contributed by atoms with Crippen LogP contribution in [0.15, 0.2) is 0 Å². The first kappa shape index (κ1) is 13.5. The van der Waals surface area contributed by atoms with E-state index in [1.165, 1.54) is 0 Å². The van der Waals surface area contributed by atoms with Crippen LogP contribution in [-0.4, -0.2) is 17.5 Å². The van der Waals surface area contributed by atoms with Crippen molar-refractivity contribution < 1.29 is 4.79 Å². The van der Waals surface area contributed by atoms with E-state index in [4.69, 9.17) is 5.73 Å². The minimum absolute atomic E-state index is 0.0189. The van der Waals surface area contributed by atoms with Crippen LogP contribution in [0.1, 0.15) is 59.3 Å². The normalized spacial score (nSPS) is 32.1. The monoisotopic (exact) mass is 226 g/mol. The van der Waals surface area contributed by atoms with Gasteiger partial charge in [0.15, 0.2) is 0 Å². The largest absolute Gasteiger partial charge is 0.351 e. The summed E-state index contributed by atoms with van der Waals surface area (Å²) in [5.41, 5.74) is 5.86. The van der Waals surface area contributed by atoms with Crippen molar-refractivity contribution in [3.8, 4) is 0 Å². The predicted octanol–water partition coefficient (Wildman–Crippen LogP) is 2.20. The Kier molecular flexibility index (Phi) is 4.78. The van der Waals surface area contributed by atoms with Crippen molar-refractivity contribution in [1.82, 2.24) is 5.32 Å². The van der Waals surface area contributed by atoms with Crippen LogP contribution in [0.2, 0.25) is 0 Å². The number of rotatable bonds is 4. The van der Waals surface area contributed by atoms with E-state index in [0.717, 1.165) is 38.5 Å². The van der Waals surface area contributed by atoms with Crippen molar-refractivity contribution in [3.63, 3.8) is 0 Å². The summed E-state index contributed by atoms with van der Waals surface area (Å²) in [7, 11) is 0. The molecule has 0 aromatic rings. The minimum atomic E-state index is -0.0189. The lowest BCUT2D eigenvalue weighted by atomic mass is 9.80. The van der Waals surface area contributed by atoms with Crippen LogP contribution in [-0.2, 0) is 4.79 Å². The lowest BCUT2D eigenvalue weighted by Gasteiger charge is -2.37. The molecule has 16 heavy (non-hydrogen) atoms. The van der Waals surface area contributed by atoms with Gasteiger partial charge in [-0.15, -0.1) is 0 Å². The molecule has 3 N–H and O–H groups in total. The fourth-order valence-electron chi connectivity index (χ4n) is 2.39. The topological polar surface area (TPSA) is 55.1 Å². The Bertz CT molecular complexity index is 232. The van der Waals surface area contributed by atoms with E-state index in [1.54, 1.807) is 0 Å². The number of nitrogens with two attached hydrogens (primary N) is 1. The third-order valence-electron chi connectivity index (χ3n) is 3.73. The number of carbonyl (C=O) groups is 1. The maximum atomic E-state index is 11.9. The molecule has 1 fully saturated rings. The molecule has 0 radical (unpaired) electrons. The van der Waals surface area contributed by atoms with Crippen LogP contribution in [0.25, 0.3) is 0 Å². The molecule has 0 saturated heterocycles. The summed E-state index contributed by atoms with van der Waals surface area (Å²) >= 11 is 0. The first-order valence-corrected chi connectivity index (χ1v) is 6.54. The number of hydrogen-bond donors (Lipinski definition) is 2. The fraction of sp³-hybridized carbons (Fsp3) is 0.923. The first-order chi connectivity index (χ1) is 7.47. The molecule has 3 nitrogen and oxygen atoms in total. The van der Waals surface area contributed by atoms with E-state index in [-0.39, 0.29) is 17.4 Å². The highest BCUT2D eigenvalue weighted by Gasteiger charge is 2.31. The van der Waals surface area contributed by atoms with Crippen molar-refractivity contribution in [1.29, 1.82) is 0 Å². The van der Waals surface area contributed by atoms with Gasteiger partial charge in [0.25, 0.3) is 0 Å². The van der Waals surface area contributed by atoms with Crippen LogP contribution in [0.5, 0.6) is 0 Å². The van der Waals surface area contributed by atoms with Crippen molar-refractivity contribution in [2.45, 2.75) is 70.9 Å². The molecule has 0 heterocycles. The van der Waals surface area contributed by atoms with Gasteiger partial charge >= 0.3 is 0 Å². The first-order valence-electron chi connectivity index (χ1n) is 6.54. The maximum Gasteiger partial charge on any atom is 0.223 e. The van der Waals surface area contributed by atoms with E-state index in [0.29, 0.717) is 6.04 Å². The molecule has 0 aliphatic heterocycles. The maximum absolute atomic E-state index is 11.9. The summed E-state index contributed by atoms with van der Waals surface area (Å²) in [6.45, 7) is 6.28. The zero-order valence-corrected chi connectivity index (χ0v) is 10.9. The number of nitrogens with one attached hydrogen (secondary N) is 1. The van der Waals surface area contributed by atoms with Gasteiger partial charge in [0.05, 0.1) is 0 Å². The molecule has 1 saturated carbocycles. The summed E-state index contributed by atoms with van der Waals surface area (Å²) in [5, 5.41) is 3.21. The van der Waals surface area contributed by atoms with Gasteiger partial charge < -0.3 is 11.1 Å². The molecule has 1 aliphatic carbocycles. The molecule has 1 unspecified atom stereocenters. The molecule has 0 aromatic carbocycles. The average molecular weight is 226 g/mol. The molecule has 3 heteroatoms. The Morgan fingerprint density at radius 3 is 2.56 bits per heavy atom. The highest BCUT2D eigenvalue weighted by molar-refractivity contribution is 5.79. The molecule has 1 amide bonds. The van der Waals surface area contributed by atoms with E-state index >= 15 is 0 Å². The summed E-state index contributed by atoms with van der Waals surface area (Å²) in [6, 6.07) is 0.332. The Balaban J connectivity index is 2.43. The fourth-order valence-corrected chi connectivity index (χ4v) is 2.39. The molecule has 1 atom stereocenters. The lowest BCUT2D eigenvalue weighted by Crippen LogP contribution is -2.51. The highest BCUT2D eigenvalue weighted by atomic mass is 16.2. The Morgan fingerprint density at radius 2 is 2.06 bits per heavy atom. The second kappa shape index (κ2) is 5.67. The standard InChI is InChI=1S/C13H26N2O/c1-4-5-10(2)12(16)15-13(3)8-6-11(14)7-9-13/h10-11H,4-9,14H2,1-3H3,(H,15,16). The number of hydrogen-bond acceptors (Lipinski definition) is 2. The van der Waals surface area contributed by atoms with E-state index in [2.05, 4.69) is 19.2 Å². The van der Waals surface area contributed by atoms with Crippen molar-refractivity contribution in [2.24, 2.45) is 11.7 Å². The second-order valence-corrected chi connectivity index (χ2v) is 5.58. The van der Waals surface area contributed by atoms with Crippen LogP contribution < -0.4 is 11.1 Å². The second-order valence-electron chi connectivity index (χ2n) is 5.58. The van der Waals surface area contributed by atoms with Gasteiger partial charge in [0, 0.05) is 17.5 Å². The summed E-state index contributed by atoms with van der Waals surface area (Å²) in [4.78, 5) is 11.9. The zero-order chi connectivity index (χ0) is 12.2. The van der Waals surface area contributed by atoms with Crippen LogP contribution in [0.3, 0.4) is 0 Å². The van der Waals surface area contributed by atoms with Gasteiger partial charge in [-0.25, -0.2) is 0 Å². The Hall–Kier alpha value is -0.570. The summed E-state index contributed by atoms with van der Waals surface area (Å²) < 4.78 is 0. The van der Waals surface area contributed by atoms with E-state index < -0.39 is 0 Å². The molecular formula is C13H26N2O. The van der Waals surface area contributed by atoms with Gasteiger partial charge in [-0.3, -0.25) is 4.79 Å². The third kappa shape index (κ3) is 3.78. The SMILES string of the molecule is CCCC(C)C(=O)NC1(C)CCC(N)CC1. The average Bonchev–Trinajstić information content (AvgIpc) is 2.23. The van der Waals surface area contributed by atoms with E-state index in [9.17, 15) is 4.79 Å². The van der Waals surface area contributed by atoms with E-state index in [1.807, 2.05) is 6.92 Å². The third-order valence-corrected chi connectivity index (χ3v) is 3.73. The van der Waals surface area contributed by atoms with Gasteiger partial charge in [0.1, 0.15) is 0 Å². The molecule has 94 valence electrons. The van der Waals surface area contributed by atoms with Crippen LogP contribution >= 0.6 is 0 Å². The molecule has 1 rings (SSSR count). The molecular weight excluding hydrogens is 200 g/mol. The zero-order valence-electron chi connectivity index (χ0n) is 10.9. The van der Waals surface area contributed by atoms with Crippen molar-refractivity contribution >= 4 is 5.91 Å². The van der Waals surface area contributed by atoms with Crippen LogP contribution in [0.4, 0.5) is 0 Å². The van der Waals surface area contributed by atoms with Gasteiger partial charge in [0.2, 0.25) is 5.91 Å². The molecule has 1 aliphatic rings. The van der Waals surface area contributed by atoms with Crippen LogP contribution in [0, 0.1) is 5.92 Å². The number of carbonyl (C=O) groups excluding carboxylic acids is 1. The predicted molar refractivity (Wildman–Crippen MR) is 67.1 cm³/mol. The minimum Gasteiger partial charge on any atom is -0.351 e. The lowest BCUT2D eigenvalue weighted by molar-refractivity contribution is -0.126. The quantitative estimate of drug-likeness (QED) is 0.772. The molecule has 0 bridgehead atoms. The summed E-state index contributed by atoms with van der Waals surface area (Å²) in [5.74, 6) is 0.345. The summed E-state index contributed by atoms with van der Waals surface area (Å²) in [6.07, 6.45) is 6.12. The van der Waals surface area contributed by atoms with Crippen molar-refractivity contribution in [3.05, 3.63) is 0 Å². The molecule has 0 aromatic heterocycles. The molecule has 0 spiro atoms. The van der Waals surface area contributed by atoms with Crippen molar-refractivity contribution in [2.75, 3.05) is 0 Å². The Labute approximate surface area is 99.2 Å².